The van der Waals surface area contributed by atoms with Gasteiger partial charge in [-0.2, -0.15) is 0 Å². The molecule has 2 amide bonds. The summed E-state index contributed by atoms with van der Waals surface area (Å²) in [6, 6.07) is 8.78. The lowest BCUT2D eigenvalue weighted by Gasteiger charge is -2.34. The molecule has 0 radical (unpaired) electrons. The fourth-order valence-electron chi connectivity index (χ4n) is 3.37. The van der Waals surface area contributed by atoms with Crippen LogP contribution in [-0.4, -0.2) is 29.9 Å². The normalized spacial score (nSPS) is 13.5. The predicted octanol–water partition coefficient (Wildman–Crippen LogP) is 4.20. The third kappa shape index (κ3) is 4.33. The molecular formula is C23H25N3O5. The summed E-state index contributed by atoms with van der Waals surface area (Å²) in [7, 11) is 0. The maximum absolute atomic E-state index is 12.9. The molecule has 0 saturated heterocycles. The zero-order valence-electron chi connectivity index (χ0n) is 18.0. The molecule has 0 aliphatic carbocycles. The summed E-state index contributed by atoms with van der Waals surface area (Å²) >= 11 is 0. The number of benzene rings is 1. The number of furan rings is 1. The van der Waals surface area contributed by atoms with Gasteiger partial charge in [0.25, 0.3) is 5.89 Å². The van der Waals surface area contributed by atoms with Crippen LogP contribution in [0.2, 0.25) is 0 Å². The van der Waals surface area contributed by atoms with Crippen molar-refractivity contribution in [3.8, 4) is 17.4 Å². The average Bonchev–Trinajstić information content (AvgIpc) is 3.36. The second-order valence-electron chi connectivity index (χ2n) is 8.46. The fourth-order valence-corrected chi connectivity index (χ4v) is 3.37. The number of carbonyl (C=O) groups excluding carboxylic acids is 2. The second kappa shape index (κ2) is 7.94. The van der Waals surface area contributed by atoms with Crippen LogP contribution < -0.4 is 15.0 Å². The van der Waals surface area contributed by atoms with Crippen LogP contribution in [0.5, 0.6) is 5.75 Å². The van der Waals surface area contributed by atoms with Gasteiger partial charge in [-0.25, -0.2) is 4.98 Å². The second-order valence-corrected chi connectivity index (χ2v) is 8.46. The quantitative estimate of drug-likeness (QED) is 0.676. The first kappa shape index (κ1) is 20.7. The number of nitrogens with zero attached hydrogens (tertiary/aromatic N) is 2. The number of aromatic nitrogens is 1. The Morgan fingerprint density at radius 1 is 1.23 bits per heavy atom. The van der Waals surface area contributed by atoms with Gasteiger partial charge in [0.2, 0.25) is 11.8 Å². The van der Waals surface area contributed by atoms with Crippen molar-refractivity contribution in [3.05, 3.63) is 48.0 Å². The molecule has 4 rings (SSSR count). The van der Waals surface area contributed by atoms with Crippen molar-refractivity contribution in [2.24, 2.45) is 5.41 Å². The Bertz CT molecular complexity index is 1110. The van der Waals surface area contributed by atoms with Crippen LogP contribution in [0.15, 0.2) is 45.4 Å². The topological polar surface area (TPSA) is 97.8 Å². The molecule has 8 nitrogen and oxygen atoms in total. The van der Waals surface area contributed by atoms with Crippen LogP contribution in [0, 0.1) is 12.3 Å². The van der Waals surface area contributed by atoms with Crippen molar-refractivity contribution in [1.29, 1.82) is 0 Å². The molecule has 162 valence electrons. The molecule has 3 aromatic rings. The van der Waals surface area contributed by atoms with Gasteiger partial charge in [0, 0.05) is 11.1 Å². The van der Waals surface area contributed by atoms with E-state index in [2.05, 4.69) is 10.3 Å². The van der Waals surface area contributed by atoms with Crippen molar-refractivity contribution >= 4 is 23.2 Å². The molecule has 0 spiro atoms. The van der Waals surface area contributed by atoms with Crippen LogP contribution in [-0.2, 0) is 16.0 Å². The highest BCUT2D eigenvalue weighted by Crippen LogP contribution is 2.36. The van der Waals surface area contributed by atoms with E-state index < -0.39 is 5.41 Å². The van der Waals surface area contributed by atoms with Gasteiger partial charge in [-0.05, 0) is 37.3 Å². The fraction of sp³-hybridized carbons (Fsp3) is 0.348. The molecule has 1 N–H and O–H groups in total. The van der Waals surface area contributed by atoms with Gasteiger partial charge in [0.15, 0.2) is 5.76 Å². The average molecular weight is 423 g/mol. The third-order valence-electron chi connectivity index (χ3n) is 4.95. The standard InChI is InChI=1S/C23H25N3O5/c1-14-16(25-21(31-14)19-6-5-10-29-19)13-20(27)24-15-7-8-18-17(12-15)26(9-11-30-18)22(28)23(2,3)4/h5-8,10,12H,9,11,13H2,1-4H3,(H,24,27). The lowest BCUT2D eigenvalue weighted by atomic mass is 9.94. The number of anilines is 2. The summed E-state index contributed by atoms with van der Waals surface area (Å²) in [5.74, 6) is 1.79. The number of carbonyl (C=O) groups is 2. The summed E-state index contributed by atoms with van der Waals surface area (Å²) < 4.78 is 16.6. The molecular weight excluding hydrogens is 398 g/mol. The molecule has 0 saturated carbocycles. The zero-order valence-corrected chi connectivity index (χ0v) is 18.0. The van der Waals surface area contributed by atoms with E-state index in [1.54, 1.807) is 42.2 Å². The molecule has 0 bridgehead atoms. The zero-order chi connectivity index (χ0) is 22.2. The lowest BCUT2D eigenvalue weighted by molar-refractivity contribution is -0.126. The predicted molar refractivity (Wildman–Crippen MR) is 115 cm³/mol. The Morgan fingerprint density at radius 3 is 2.74 bits per heavy atom. The van der Waals surface area contributed by atoms with Crippen molar-refractivity contribution in [2.75, 3.05) is 23.4 Å². The van der Waals surface area contributed by atoms with E-state index in [0.29, 0.717) is 53.4 Å². The first-order valence-corrected chi connectivity index (χ1v) is 10.1. The number of nitrogens with one attached hydrogen (secondary N) is 1. The Morgan fingerprint density at radius 2 is 2.03 bits per heavy atom. The molecule has 2 aromatic heterocycles. The van der Waals surface area contributed by atoms with E-state index in [-0.39, 0.29) is 18.2 Å². The number of amides is 2. The third-order valence-corrected chi connectivity index (χ3v) is 4.95. The van der Waals surface area contributed by atoms with Gasteiger partial charge < -0.3 is 23.8 Å². The van der Waals surface area contributed by atoms with Crippen LogP contribution in [0.25, 0.3) is 11.7 Å². The minimum Gasteiger partial charge on any atom is -0.490 e. The van der Waals surface area contributed by atoms with E-state index >= 15 is 0 Å². The van der Waals surface area contributed by atoms with E-state index in [9.17, 15) is 9.59 Å². The number of hydrogen-bond donors (Lipinski definition) is 1. The van der Waals surface area contributed by atoms with Crippen LogP contribution >= 0.6 is 0 Å². The number of fused-ring (bicyclic) bond motifs is 1. The van der Waals surface area contributed by atoms with Crippen molar-refractivity contribution in [3.63, 3.8) is 0 Å². The summed E-state index contributed by atoms with van der Waals surface area (Å²) in [5, 5.41) is 2.87. The Balaban J connectivity index is 1.50. The monoisotopic (exact) mass is 423 g/mol. The molecule has 1 aliphatic rings. The van der Waals surface area contributed by atoms with Crippen molar-refractivity contribution in [2.45, 2.75) is 34.1 Å². The molecule has 1 aromatic carbocycles. The Kier molecular flexibility index (Phi) is 5.31. The molecule has 0 fully saturated rings. The highest BCUT2D eigenvalue weighted by atomic mass is 16.5. The number of hydrogen-bond acceptors (Lipinski definition) is 6. The van der Waals surface area contributed by atoms with Crippen LogP contribution in [0.1, 0.15) is 32.2 Å². The van der Waals surface area contributed by atoms with Gasteiger partial charge in [-0.15, -0.1) is 0 Å². The van der Waals surface area contributed by atoms with E-state index in [1.165, 1.54) is 6.26 Å². The minimum absolute atomic E-state index is 0.00389. The summed E-state index contributed by atoms with van der Waals surface area (Å²) in [6.45, 7) is 8.31. The number of oxazole rings is 1. The van der Waals surface area contributed by atoms with Gasteiger partial charge in [-0.1, -0.05) is 20.8 Å². The van der Waals surface area contributed by atoms with Gasteiger partial charge >= 0.3 is 0 Å². The largest absolute Gasteiger partial charge is 0.490 e. The highest BCUT2D eigenvalue weighted by Gasteiger charge is 2.32. The molecule has 1 aliphatic heterocycles. The van der Waals surface area contributed by atoms with E-state index in [0.717, 1.165) is 0 Å². The molecule has 0 atom stereocenters. The van der Waals surface area contributed by atoms with Crippen LogP contribution in [0.4, 0.5) is 11.4 Å². The van der Waals surface area contributed by atoms with Gasteiger partial charge in [0.1, 0.15) is 18.1 Å². The molecule has 3 heterocycles. The summed E-state index contributed by atoms with van der Waals surface area (Å²) in [5.41, 5.74) is 1.24. The molecule has 31 heavy (non-hydrogen) atoms. The molecule has 8 heteroatoms. The summed E-state index contributed by atoms with van der Waals surface area (Å²) in [4.78, 5) is 31.6. The number of aryl methyl sites for hydroxylation is 1. The maximum Gasteiger partial charge on any atom is 0.263 e. The van der Waals surface area contributed by atoms with E-state index in [1.807, 2.05) is 20.8 Å². The maximum atomic E-state index is 12.9. The Labute approximate surface area is 180 Å². The highest BCUT2D eigenvalue weighted by molar-refractivity contribution is 6.00. The van der Waals surface area contributed by atoms with Crippen LogP contribution in [0.3, 0.4) is 0 Å². The minimum atomic E-state index is -0.524. The summed E-state index contributed by atoms with van der Waals surface area (Å²) in [6.07, 6.45) is 1.59. The van der Waals surface area contributed by atoms with E-state index in [4.69, 9.17) is 13.6 Å². The Hall–Kier alpha value is -3.55. The lowest BCUT2D eigenvalue weighted by Crippen LogP contribution is -2.44. The van der Waals surface area contributed by atoms with Crippen molar-refractivity contribution in [1.82, 2.24) is 4.98 Å². The first-order valence-electron chi connectivity index (χ1n) is 10.1. The SMILES string of the molecule is Cc1oc(-c2ccco2)nc1CC(=O)Nc1ccc2c(c1)N(C(=O)C(C)(C)C)CCO2. The van der Waals surface area contributed by atoms with Gasteiger partial charge in [0.05, 0.1) is 30.6 Å². The molecule has 0 unspecified atom stereocenters. The number of ether oxygens (including phenoxy) is 1. The first-order chi connectivity index (χ1) is 14.7. The smallest absolute Gasteiger partial charge is 0.263 e. The number of rotatable bonds is 4. The van der Waals surface area contributed by atoms with Crippen molar-refractivity contribution < 1.29 is 23.2 Å². The van der Waals surface area contributed by atoms with Gasteiger partial charge in [-0.3, -0.25) is 9.59 Å².